The lowest BCUT2D eigenvalue weighted by Crippen LogP contribution is -1.99. The van der Waals surface area contributed by atoms with Gasteiger partial charge in [0.05, 0.1) is 32.5 Å². The Hall–Kier alpha value is 1.78. The number of benzene rings is 1. The monoisotopic (exact) mass is 906 g/mol. The van der Waals surface area contributed by atoms with Crippen molar-refractivity contribution < 1.29 is 54.6 Å². The molecular weight excluding hydrogens is 883 g/mol. The number of carbonyl (C=O) groups excluding carboxylic acids is 1. The normalized spacial score (nSPS) is 9.46. The van der Waals surface area contributed by atoms with Gasteiger partial charge in [0.15, 0.2) is 0 Å². The molecule has 0 aliphatic heterocycles. The first-order valence-corrected chi connectivity index (χ1v) is 20.2. The van der Waals surface area contributed by atoms with Gasteiger partial charge in [-0.3, -0.25) is 8.37 Å². The Morgan fingerprint density at radius 2 is 1.19 bits per heavy atom. The molecule has 0 aromatic heterocycles. The zero-order chi connectivity index (χ0) is 31.3. The van der Waals surface area contributed by atoms with Crippen molar-refractivity contribution in [3.8, 4) is 0 Å². The highest BCUT2D eigenvalue weighted by molar-refractivity contribution is 14.2. The molecule has 0 bridgehead atoms. The predicted octanol–water partition coefficient (Wildman–Crippen LogP) is 5.05. The van der Waals surface area contributed by atoms with Crippen molar-refractivity contribution in [2.75, 3.05) is 27.6 Å². The maximum absolute atomic E-state index is 11.0. The number of thiol groups is 6. The molecule has 0 N–H and O–H groups in total. The summed E-state index contributed by atoms with van der Waals surface area (Å²) in [6.45, 7) is 1.87. The topological polar surface area (TPSA) is 175 Å². The fourth-order valence-corrected chi connectivity index (χ4v) is 1.95. The minimum Gasteiger partial charge on any atom is -0.437 e. The number of halogens is 3. The number of carbonyl (C=O) groups is 1. The number of hydrogen-bond donors (Lipinski definition) is 6. The van der Waals surface area contributed by atoms with Gasteiger partial charge in [-0.05, 0) is 91.6 Å². The highest BCUT2D eigenvalue weighted by atomic mass is 127. The van der Waals surface area contributed by atoms with E-state index in [0.717, 1.165) is 26.0 Å². The van der Waals surface area contributed by atoms with Crippen molar-refractivity contribution in [1.82, 2.24) is 0 Å². The van der Waals surface area contributed by atoms with Crippen molar-refractivity contribution in [1.29, 1.82) is 0 Å². The van der Waals surface area contributed by atoms with Gasteiger partial charge in [0.1, 0.15) is 0 Å². The Kier molecular flexibility index (Phi) is 47.3. The van der Waals surface area contributed by atoms with Crippen LogP contribution < -0.4 is 0 Å². The quantitative estimate of drug-likeness (QED) is 0.0763. The maximum Gasteiger partial charge on any atom is 0.520 e. The van der Waals surface area contributed by atoms with Crippen LogP contribution >= 0.6 is 118 Å². The van der Waals surface area contributed by atoms with Gasteiger partial charge >= 0.3 is 26.7 Å². The summed E-state index contributed by atoms with van der Waals surface area (Å²) >= 11 is 20.2. The van der Waals surface area contributed by atoms with Gasteiger partial charge in [-0.1, -0.05) is 29.5 Å². The second-order valence-electron chi connectivity index (χ2n) is 4.41. The minimum absolute atomic E-state index is 0.114. The van der Waals surface area contributed by atoms with Gasteiger partial charge in [-0.25, -0.2) is 4.79 Å². The lowest BCUT2D eigenvalue weighted by atomic mass is 10.2. The summed E-state index contributed by atoms with van der Waals surface area (Å²) in [5.41, 5.74) is 0.994. The van der Waals surface area contributed by atoms with Crippen LogP contribution in [0.3, 0.4) is 0 Å². The zero-order valence-corrected chi connectivity index (χ0v) is 31.5. The molecule has 0 heterocycles. The number of methoxy groups -OCH3 is 1. The number of ether oxygens (including phenoxy) is 1. The van der Waals surface area contributed by atoms with Gasteiger partial charge < -0.3 is 8.92 Å². The van der Waals surface area contributed by atoms with E-state index < -0.39 is 36.8 Å². The van der Waals surface area contributed by atoms with E-state index in [4.69, 9.17) is 0 Å². The summed E-state index contributed by atoms with van der Waals surface area (Å²) in [6, 6.07) is 6.33. The van der Waals surface area contributed by atoms with Crippen molar-refractivity contribution in [2.45, 2.75) is 11.8 Å². The molecule has 37 heavy (non-hydrogen) atoms. The van der Waals surface area contributed by atoms with Crippen LogP contribution in [0.25, 0.3) is 0 Å². The highest BCUT2D eigenvalue weighted by Crippen LogP contribution is 2.13. The fourth-order valence-electron chi connectivity index (χ4n) is 0.816. The minimum atomic E-state index is -3.79. The third-order valence-electron chi connectivity index (χ3n) is 2.25. The third-order valence-corrected chi connectivity index (χ3v) is 5.77. The molecule has 0 fully saturated rings. The summed E-state index contributed by atoms with van der Waals surface area (Å²) in [7, 11) is 0.530. The standard InChI is InChI=1S/C7H8O3S2.C2H6O3S.C2H4O3S.CH4O4S2.BrHS.ClHS.HIS/c1-6-2-4-7(5-3-6)12(8,9)10-11;1-5-6(2,3)4;1-4-2(3)5-6;1-4-7(2,3)5-6;3*1-2/h2-5,11H,1H3;1-2H3;6H,1H3;6H,1H3;3*2H. The molecule has 1 aromatic carbocycles. The second-order valence-corrected chi connectivity index (χ2v) is 10.1. The summed E-state index contributed by atoms with van der Waals surface area (Å²) in [4.78, 5) is 9.77. The third kappa shape index (κ3) is 42.4. The van der Waals surface area contributed by atoms with Gasteiger partial charge in [0.2, 0.25) is 0 Å². The molecule has 1 rings (SSSR count). The molecule has 0 atom stereocenters. The van der Waals surface area contributed by atoms with Crippen LogP contribution in [-0.4, -0.2) is 59.0 Å². The van der Waals surface area contributed by atoms with E-state index in [1.54, 1.807) is 12.1 Å². The molecule has 25 heteroatoms. The Bertz CT molecular complexity index is 934. The van der Waals surface area contributed by atoms with Crippen molar-refractivity contribution in [2.24, 2.45) is 0 Å². The van der Waals surface area contributed by atoms with Crippen LogP contribution in [0.15, 0.2) is 29.2 Å². The number of rotatable bonds is 5. The van der Waals surface area contributed by atoms with Crippen LogP contribution in [0, 0.1) is 6.92 Å². The Morgan fingerprint density at radius 1 is 0.838 bits per heavy atom. The zero-order valence-electron chi connectivity index (χ0n) is 19.2. The first-order chi connectivity index (χ1) is 17.0. The molecule has 1 aromatic rings. The molecule has 0 aliphatic carbocycles. The predicted molar refractivity (Wildman–Crippen MR) is 175 cm³/mol. The summed E-state index contributed by atoms with van der Waals surface area (Å²) in [5.74, 6) is 0. The van der Waals surface area contributed by atoms with Crippen molar-refractivity contribution >= 4 is 155 Å². The largest absolute Gasteiger partial charge is 0.520 e. The molecule has 0 aliphatic rings. The van der Waals surface area contributed by atoms with Gasteiger partial charge in [0, 0.05) is 12.9 Å². The average Bonchev–Trinajstić information content (AvgIpc) is 2.92. The molecule has 0 amide bonds. The molecular formula is C12H25BrClIO13S9. The molecule has 13 nitrogen and oxygen atoms in total. The van der Waals surface area contributed by atoms with Crippen LogP contribution in [0.5, 0.6) is 0 Å². The first-order valence-electron chi connectivity index (χ1n) is 7.49. The summed E-state index contributed by atoms with van der Waals surface area (Å²) in [6.07, 6.45) is 0.200. The Balaban J connectivity index is -0.0000000843. The lowest BCUT2D eigenvalue weighted by Gasteiger charge is -1.99. The average molecular weight is 908 g/mol. The smallest absolute Gasteiger partial charge is 0.437 e. The van der Waals surface area contributed by atoms with E-state index in [1.807, 2.05) is 28.1 Å². The fraction of sp³-hybridized carbons (Fsp3) is 0.417. The van der Waals surface area contributed by atoms with E-state index in [1.165, 1.54) is 19.2 Å². The van der Waals surface area contributed by atoms with Crippen LogP contribution in [-0.2, 0) is 55.2 Å². The molecule has 0 saturated heterocycles. The van der Waals surface area contributed by atoms with Gasteiger partial charge in [0.25, 0.3) is 10.1 Å². The number of hydrogen-bond acceptors (Lipinski definition) is 19. The molecule has 0 radical (unpaired) electrons. The molecule has 226 valence electrons. The molecule has 0 spiro atoms. The summed E-state index contributed by atoms with van der Waals surface area (Å²) in [5, 5.41) is 0. The van der Waals surface area contributed by atoms with Crippen LogP contribution in [0.4, 0.5) is 4.79 Å². The molecule has 0 saturated carbocycles. The van der Waals surface area contributed by atoms with Crippen molar-refractivity contribution in [3.63, 3.8) is 0 Å². The SMILES string of the molecule is COC(=O)OS.COS(=O)(=O)OS.COS(C)(=O)=O.Cc1ccc(S(=O)(=O)OS)cc1.SBr.SCl.SI. The molecule has 0 unspecified atom stereocenters. The lowest BCUT2D eigenvalue weighted by molar-refractivity contribution is 0.130. The van der Waals surface area contributed by atoms with Crippen LogP contribution in [0.1, 0.15) is 5.56 Å². The van der Waals surface area contributed by atoms with E-state index in [0.29, 0.717) is 0 Å². The van der Waals surface area contributed by atoms with Crippen molar-refractivity contribution in [3.05, 3.63) is 29.8 Å². The van der Waals surface area contributed by atoms with Gasteiger partial charge in [-0.15, -0.1) is 20.9 Å². The van der Waals surface area contributed by atoms with Gasteiger partial charge in [-0.2, -0.15) is 32.5 Å². The first kappa shape index (κ1) is 51.5. The maximum atomic E-state index is 11.0. The summed E-state index contributed by atoms with van der Waals surface area (Å²) < 4.78 is 84.2. The highest BCUT2D eigenvalue weighted by Gasteiger charge is 2.12. The van der Waals surface area contributed by atoms with Crippen LogP contribution in [0.2, 0.25) is 0 Å². The number of aryl methyl sites for hydroxylation is 1. The van der Waals surface area contributed by atoms with E-state index in [2.05, 4.69) is 121 Å². The Morgan fingerprint density at radius 3 is 1.32 bits per heavy atom. The van der Waals surface area contributed by atoms with E-state index in [9.17, 15) is 30.0 Å². The second kappa shape index (κ2) is 34.0. The Labute approximate surface area is 275 Å². The van der Waals surface area contributed by atoms with E-state index >= 15 is 0 Å². The van der Waals surface area contributed by atoms with E-state index in [-0.39, 0.29) is 4.90 Å².